The topological polar surface area (TPSA) is 222 Å². The first-order chi connectivity index (χ1) is 28.8. The van der Waals surface area contributed by atoms with Gasteiger partial charge >= 0.3 is 0 Å². The van der Waals surface area contributed by atoms with E-state index >= 15 is 0 Å². The fraction of sp³-hybridized carbons (Fsp3) is 0.545. The lowest BCUT2D eigenvalue weighted by Crippen LogP contribution is -3.13. The van der Waals surface area contributed by atoms with Crippen molar-refractivity contribution in [3.63, 3.8) is 0 Å². The van der Waals surface area contributed by atoms with E-state index in [9.17, 15) is 35.1 Å². The predicted molar refractivity (Wildman–Crippen MR) is 218 cm³/mol. The van der Waals surface area contributed by atoms with Crippen molar-refractivity contribution >= 4 is 34.0 Å². The molecule has 2 aromatic rings. The Kier molecular flexibility index (Phi) is 10.8. The summed E-state index contributed by atoms with van der Waals surface area (Å²) in [7, 11) is 0. The van der Waals surface area contributed by atoms with Crippen molar-refractivity contribution in [2.45, 2.75) is 107 Å². The van der Waals surface area contributed by atoms with Gasteiger partial charge in [-0.3, -0.25) is 29.4 Å². The summed E-state index contributed by atoms with van der Waals surface area (Å²) in [5.41, 5.74) is 0.363. The number of aryl methyl sites for hydroxylation is 1. The Bertz CT molecular complexity index is 2290. The molecule has 2 fully saturated rings. The molecule has 0 bridgehead atoms. The van der Waals surface area contributed by atoms with Gasteiger partial charge in [-0.2, -0.15) is 0 Å². The number of aliphatic imine (C=N–C) groups is 2. The van der Waals surface area contributed by atoms with Gasteiger partial charge in [0.25, 0.3) is 0 Å². The highest BCUT2D eigenvalue weighted by molar-refractivity contribution is 6.07. The van der Waals surface area contributed by atoms with Gasteiger partial charge in [0.15, 0.2) is 22.8 Å². The zero-order chi connectivity index (χ0) is 42.0. The smallest absolute Gasteiger partial charge is 0.226 e. The Morgan fingerprint density at radius 3 is 2.70 bits per heavy atom. The summed E-state index contributed by atoms with van der Waals surface area (Å²) in [6.07, 6.45) is 12.6. The number of quaternary nitrogens is 2. The summed E-state index contributed by atoms with van der Waals surface area (Å²) in [4.78, 5) is 49.4. The Hall–Kier alpha value is -4.36. The third kappa shape index (κ3) is 7.01. The molecule has 16 heteroatoms. The van der Waals surface area contributed by atoms with Crippen LogP contribution in [0.15, 0.2) is 79.9 Å². The molecule has 0 radical (unpaired) electrons. The highest BCUT2D eigenvalue weighted by Crippen LogP contribution is 2.50. The lowest BCUT2D eigenvalue weighted by atomic mass is 9.65. The maximum atomic E-state index is 13.6. The number of hydrogen-bond acceptors (Lipinski definition) is 13. The molecule has 1 amide bonds. The van der Waals surface area contributed by atoms with Crippen molar-refractivity contribution < 1.29 is 59.1 Å². The summed E-state index contributed by atoms with van der Waals surface area (Å²) in [5, 5.41) is 58.4. The number of allylic oxidation sites excluding steroid dienone is 1. The molecule has 10 unspecified atom stereocenters. The molecule has 16 nitrogen and oxygen atoms in total. The van der Waals surface area contributed by atoms with Gasteiger partial charge in [-0.05, 0) is 63.7 Å². The van der Waals surface area contributed by atoms with Gasteiger partial charge in [0.2, 0.25) is 17.2 Å². The lowest BCUT2D eigenvalue weighted by Gasteiger charge is -2.44. The summed E-state index contributed by atoms with van der Waals surface area (Å²) in [5.74, 6) is 1.21. The molecular weight excluding hydrogens is 775 g/mol. The van der Waals surface area contributed by atoms with Crippen LogP contribution < -0.4 is 25.3 Å². The van der Waals surface area contributed by atoms with E-state index in [1.165, 1.54) is 6.07 Å². The third-order valence-electron chi connectivity index (χ3n) is 14.1. The fourth-order valence-corrected chi connectivity index (χ4v) is 10.6. The van der Waals surface area contributed by atoms with Gasteiger partial charge in [0, 0.05) is 43.1 Å². The Morgan fingerprint density at radius 2 is 1.92 bits per heavy atom. The number of nitrogens with one attached hydrogen (secondary N) is 3. The van der Waals surface area contributed by atoms with Crippen LogP contribution in [0.1, 0.15) is 63.2 Å². The minimum Gasteiger partial charge on any atom is -0.478 e. The van der Waals surface area contributed by atoms with Crippen LogP contribution in [0, 0.1) is 18.3 Å². The van der Waals surface area contributed by atoms with Crippen molar-refractivity contribution in [1.82, 2.24) is 5.32 Å². The number of ether oxygens (including phenoxy) is 1. The van der Waals surface area contributed by atoms with Crippen LogP contribution in [0.25, 0.3) is 11.0 Å². The van der Waals surface area contributed by atoms with Crippen LogP contribution in [0.4, 0.5) is 5.69 Å². The number of hydrogen-bond donors (Lipinski definition) is 8. The van der Waals surface area contributed by atoms with E-state index in [-0.39, 0.29) is 36.3 Å². The molecule has 1 aromatic heterocycles. The van der Waals surface area contributed by atoms with Gasteiger partial charge < -0.3 is 40.0 Å². The van der Waals surface area contributed by atoms with Crippen LogP contribution in [0.5, 0.6) is 5.75 Å². The van der Waals surface area contributed by atoms with Crippen LogP contribution in [-0.4, -0.2) is 117 Å². The van der Waals surface area contributed by atoms with E-state index < -0.39 is 54.2 Å². The van der Waals surface area contributed by atoms with Crippen molar-refractivity contribution in [2.75, 3.05) is 32.8 Å². The minimum atomic E-state index is -2.36. The molecule has 320 valence electrons. The number of amides is 1. The van der Waals surface area contributed by atoms with Gasteiger partial charge in [0.1, 0.15) is 73.1 Å². The number of rotatable bonds is 14. The van der Waals surface area contributed by atoms with Crippen molar-refractivity contribution in [2.24, 2.45) is 21.3 Å². The maximum absolute atomic E-state index is 13.6. The third-order valence-corrected chi connectivity index (χ3v) is 14.1. The van der Waals surface area contributed by atoms with Crippen LogP contribution in [-0.2, 0) is 21.0 Å². The second-order valence-corrected chi connectivity index (χ2v) is 17.8. The molecule has 1 saturated carbocycles. The average molecular weight is 830 g/mol. The molecule has 1 aliphatic carbocycles. The highest BCUT2D eigenvalue weighted by atomic mass is 17.2. The second-order valence-electron chi connectivity index (χ2n) is 17.8. The molecule has 8 N–H and O–H groups in total. The SMILES string of the molecule is Cc1cc(=O)c2cc3c(c([NH+]4C=C5C=CN=C5C4)c2o1)OC(C)(CCC1CNC(=O)C12CCCCC2)C(OOCC(O)C(O)(C[NH+]1C=CC2=NC=CC21)C(O)C(O)CO)C3. The predicted octanol–water partition coefficient (Wildman–Crippen LogP) is -0.474. The normalized spacial score (nSPS) is 30.9. The fourth-order valence-electron chi connectivity index (χ4n) is 10.6. The van der Waals surface area contributed by atoms with Gasteiger partial charge in [-0.1, -0.05) is 19.3 Å². The first-order valence-electron chi connectivity index (χ1n) is 21.2. The van der Waals surface area contributed by atoms with Crippen molar-refractivity contribution in [1.29, 1.82) is 0 Å². The molecule has 1 spiro atoms. The number of carbonyl (C=O) groups excluding carboxylic acids is 1. The first kappa shape index (κ1) is 41.0. The molecule has 7 aliphatic rings. The summed E-state index contributed by atoms with van der Waals surface area (Å²) in [6, 6.07) is 2.98. The van der Waals surface area contributed by atoms with E-state index in [1.807, 2.05) is 19.1 Å². The van der Waals surface area contributed by atoms with E-state index in [4.69, 9.17) is 18.9 Å². The second kappa shape index (κ2) is 15.8. The van der Waals surface area contributed by atoms with E-state index in [2.05, 4.69) is 21.5 Å². The largest absolute Gasteiger partial charge is 0.478 e. The summed E-state index contributed by atoms with van der Waals surface area (Å²) >= 11 is 0. The number of carbonyl (C=O) groups is 1. The lowest BCUT2D eigenvalue weighted by molar-refractivity contribution is -0.861. The van der Waals surface area contributed by atoms with Gasteiger partial charge in [0.05, 0.1) is 29.2 Å². The molecule has 7 heterocycles. The number of aliphatic hydroxyl groups excluding tert-OH is 4. The minimum absolute atomic E-state index is 0.0715. The highest BCUT2D eigenvalue weighted by Gasteiger charge is 2.54. The Morgan fingerprint density at radius 1 is 1.10 bits per heavy atom. The zero-order valence-electron chi connectivity index (χ0n) is 33.9. The first-order valence-corrected chi connectivity index (χ1v) is 21.2. The van der Waals surface area contributed by atoms with Crippen LogP contribution in [0.2, 0.25) is 0 Å². The van der Waals surface area contributed by atoms with E-state index in [0.29, 0.717) is 64.6 Å². The van der Waals surface area contributed by atoms with E-state index in [1.54, 1.807) is 37.7 Å². The summed E-state index contributed by atoms with van der Waals surface area (Å²) in [6.45, 7) is 3.03. The zero-order valence-corrected chi connectivity index (χ0v) is 33.9. The number of fused-ring (bicyclic) bond motifs is 4. The summed E-state index contributed by atoms with van der Waals surface area (Å²) < 4.78 is 13.5. The molecule has 10 atom stereocenters. The number of benzene rings is 1. The number of nitrogens with zero attached hydrogens (tertiary/aromatic N) is 2. The van der Waals surface area contributed by atoms with Gasteiger partial charge in [-0.25, -0.2) is 9.78 Å². The van der Waals surface area contributed by atoms with Crippen molar-refractivity contribution in [3.05, 3.63) is 82.3 Å². The molecule has 60 heavy (non-hydrogen) atoms. The van der Waals surface area contributed by atoms with Gasteiger partial charge in [-0.15, -0.1) is 0 Å². The van der Waals surface area contributed by atoms with Crippen LogP contribution >= 0.6 is 0 Å². The van der Waals surface area contributed by atoms with Crippen molar-refractivity contribution in [3.8, 4) is 5.75 Å². The molecule has 6 aliphatic heterocycles. The average Bonchev–Trinajstić information content (AvgIpc) is 4.07. The molecule has 1 saturated heterocycles. The Balaban J connectivity index is 1.03. The molecule has 9 rings (SSSR count). The maximum Gasteiger partial charge on any atom is 0.226 e. The molecule has 1 aromatic carbocycles. The van der Waals surface area contributed by atoms with E-state index in [0.717, 1.165) is 54.0 Å². The monoisotopic (exact) mass is 829 g/mol. The quantitative estimate of drug-likeness (QED) is 0.0899. The standard InChI is InChI=1S/C44H53N5O11/c1-25-16-33(51)29-17-27-18-36(60-57-23-35(53)44(56,40(54)34(52)22-50)24-48-15-9-30-32(48)8-14-45-30)42(2,12-6-28-19-47-41(55)43(28)10-4-3-5-11-43)59-38(27)37(39(29)58-25)49-20-26-7-13-46-31(26)21-49/h7-9,13-17,20,28,32,34-36,40,50,52-54,56H,3-6,10-12,18-19,21-24H2,1-2H3,(H,47,55)/p+2. The Labute approximate surface area is 346 Å². The number of aliphatic hydroxyl groups is 5. The van der Waals surface area contributed by atoms with Crippen LogP contribution in [0.3, 0.4) is 0 Å². The molecular formula is C44H55N5O11+2.